The monoisotopic (exact) mass is 314 g/mol. The number of benzene rings is 2. The molecule has 5 nitrogen and oxygen atoms in total. The van der Waals surface area contributed by atoms with Crippen molar-refractivity contribution in [3.8, 4) is 0 Å². The van der Waals surface area contributed by atoms with Crippen LogP contribution in [-0.4, -0.2) is 35.4 Å². The van der Waals surface area contributed by atoms with Gasteiger partial charge >= 0.3 is 5.97 Å². The summed E-state index contributed by atoms with van der Waals surface area (Å²) in [5.74, 6) is -1.75. The Labute approximate surface area is 134 Å². The van der Waals surface area contributed by atoms with E-state index in [4.69, 9.17) is 4.74 Å². The number of aliphatic hydroxyl groups is 2. The van der Waals surface area contributed by atoms with Crippen molar-refractivity contribution in [3.63, 3.8) is 0 Å². The summed E-state index contributed by atoms with van der Waals surface area (Å²) in [5.41, 5.74) is -0.939. The number of hydrogen-bond donors (Lipinski definition) is 2. The summed E-state index contributed by atoms with van der Waals surface area (Å²) in [4.78, 5) is 25.4. The van der Waals surface area contributed by atoms with Crippen LogP contribution in [0.4, 0.5) is 0 Å². The van der Waals surface area contributed by atoms with Gasteiger partial charge in [0.05, 0.1) is 7.11 Å². The molecule has 0 fully saturated rings. The number of hydrogen-bond acceptors (Lipinski definition) is 5. The van der Waals surface area contributed by atoms with E-state index < -0.39 is 23.5 Å². The molecule has 0 saturated heterocycles. The second-order valence-electron chi connectivity index (χ2n) is 5.23. The van der Waals surface area contributed by atoms with E-state index in [9.17, 15) is 19.8 Å². The summed E-state index contributed by atoms with van der Waals surface area (Å²) < 4.78 is 4.72. The van der Waals surface area contributed by atoms with E-state index in [1.54, 1.807) is 42.5 Å². The van der Waals surface area contributed by atoms with E-state index in [2.05, 4.69) is 0 Å². The Morgan fingerprint density at radius 3 is 2.04 bits per heavy atom. The highest BCUT2D eigenvalue weighted by Gasteiger charge is 2.54. The third-order valence-corrected chi connectivity index (χ3v) is 3.80. The predicted octanol–water partition coefficient (Wildman–Crippen LogP) is 1.60. The maximum atomic E-state index is 13.0. The number of carbonyl (C=O) groups excluding carboxylic acids is 2. The highest BCUT2D eigenvalue weighted by atomic mass is 16.5. The van der Waals surface area contributed by atoms with Gasteiger partial charge in [0.15, 0.2) is 12.1 Å². The zero-order chi connectivity index (χ0) is 17.0. The van der Waals surface area contributed by atoms with E-state index in [0.29, 0.717) is 0 Å². The second-order valence-corrected chi connectivity index (χ2v) is 5.23. The molecule has 2 aromatic rings. The Bertz CT molecular complexity index is 691. The van der Waals surface area contributed by atoms with Gasteiger partial charge < -0.3 is 14.9 Å². The lowest BCUT2D eigenvalue weighted by Crippen LogP contribution is -2.53. The number of Topliss-reactive ketones (excluding diaryl/α,β-unsaturated/α-hetero) is 1. The van der Waals surface area contributed by atoms with Crippen molar-refractivity contribution in [2.24, 2.45) is 0 Å². The van der Waals surface area contributed by atoms with Crippen LogP contribution in [0.5, 0.6) is 0 Å². The van der Waals surface area contributed by atoms with Gasteiger partial charge in [-0.3, -0.25) is 9.59 Å². The smallest absolute Gasteiger partial charge is 0.329 e. The third kappa shape index (κ3) is 2.88. The molecule has 1 atom stereocenters. The third-order valence-electron chi connectivity index (χ3n) is 3.80. The van der Waals surface area contributed by atoms with Crippen LogP contribution in [0.25, 0.3) is 0 Å². The first kappa shape index (κ1) is 16.9. The van der Waals surface area contributed by atoms with Crippen molar-refractivity contribution >= 4 is 11.8 Å². The quantitative estimate of drug-likeness (QED) is 0.379. The van der Waals surface area contributed by atoms with E-state index >= 15 is 0 Å². The summed E-state index contributed by atoms with van der Waals surface area (Å²) in [7, 11) is 1.10. The predicted molar refractivity (Wildman–Crippen MR) is 83.9 cm³/mol. The lowest BCUT2D eigenvalue weighted by molar-refractivity contribution is -0.162. The minimum atomic E-state index is -2.24. The van der Waals surface area contributed by atoms with Crippen molar-refractivity contribution in [1.29, 1.82) is 0 Å². The molecule has 0 amide bonds. The second kappa shape index (κ2) is 6.73. The lowest BCUT2D eigenvalue weighted by atomic mass is 9.73. The first-order valence-corrected chi connectivity index (χ1v) is 7.06. The number of aliphatic hydroxyl groups excluding tert-OH is 1. The maximum absolute atomic E-state index is 13.0. The highest BCUT2D eigenvalue weighted by molar-refractivity contribution is 6.17. The van der Waals surface area contributed by atoms with E-state index in [1.165, 1.54) is 12.1 Å². The van der Waals surface area contributed by atoms with Gasteiger partial charge in [0.1, 0.15) is 0 Å². The highest BCUT2D eigenvalue weighted by Crippen LogP contribution is 2.33. The lowest BCUT2D eigenvalue weighted by Gasteiger charge is -2.31. The van der Waals surface area contributed by atoms with Crippen molar-refractivity contribution in [2.75, 3.05) is 7.11 Å². The van der Waals surface area contributed by atoms with Crippen LogP contribution in [-0.2, 0) is 14.9 Å². The molecule has 0 bridgehead atoms. The molecule has 23 heavy (non-hydrogen) atoms. The van der Waals surface area contributed by atoms with Gasteiger partial charge in [-0.2, -0.15) is 0 Å². The minimum Gasteiger partial charge on any atom is -0.468 e. The average Bonchev–Trinajstić information content (AvgIpc) is 2.56. The molecule has 0 aromatic heterocycles. The molecule has 2 rings (SSSR count). The van der Waals surface area contributed by atoms with Crippen LogP contribution in [0.2, 0.25) is 0 Å². The van der Waals surface area contributed by atoms with Gasteiger partial charge in [-0.15, -0.1) is 0 Å². The number of aryl methyl sites for hydroxylation is 1. The summed E-state index contributed by atoms with van der Waals surface area (Å²) in [5, 5.41) is 19.9. The van der Waals surface area contributed by atoms with Crippen molar-refractivity contribution in [3.05, 3.63) is 71.3 Å². The van der Waals surface area contributed by atoms with E-state index in [1.807, 2.05) is 6.92 Å². The molecule has 1 unspecified atom stereocenters. The summed E-state index contributed by atoms with van der Waals surface area (Å²) in [6.07, 6.45) is -2.24. The SMILES string of the molecule is COC(=O)C(C(=O)c1ccc(C)cc1)(c1ccccc1)C(O)O. The molecule has 120 valence electrons. The number of ketones is 1. The molecular weight excluding hydrogens is 296 g/mol. The van der Waals surface area contributed by atoms with Gasteiger partial charge in [0.2, 0.25) is 5.41 Å². The van der Waals surface area contributed by atoms with Gasteiger partial charge in [0.25, 0.3) is 0 Å². The standard InChI is InChI=1S/C18H18O5/c1-12-8-10-13(11-9-12)15(19)18(16(20)21,17(22)23-2)14-6-4-3-5-7-14/h3-11,16,20-21H,1-2H3. The number of carbonyl (C=O) groups is 2. The van der Waals surface area contributed by atoms with Crippen LogP contribution in [0, 0.1) is 6.92 Å². The zero-order valence-corrected chi connectivity index (χ0v) is 12.9. The summed E-state index contributed by atoms with van der Waals surface area (Å²) >= 11 is 0. The summed E-state index contributed by atoms with van der Waals surface area (Å²) in [6.45, 7) is 1.86. The normalized spacial score (nSPS) is 13.4. The molecule has 5 heteroatoms. The fourth-order valence-corrected chi connectivity index (χ4v) is 2.51. The molecule has 0 aliphatic heterocycles. The van der Waals surface area contributed by atoms with Crippen molar-refractivity contribution in [2.45, 2.75) is 18.6 Å². The van der Waals surface area contributed by atoms with Gasteiger partial charge in [-0.1, -0.05) is 60.2 Å². The Morgan fingerprint density at radius 1 is 1.00 bits per heavy atom. The van der Waals surface area contributed by atoms with Crippen molar-refractivity contribution < 1.29 is 24.5 Å². The summed E-state index contributed by atoms with van der Waals surface area (Å²) in [6, 6.07) is 14.4. The van der Waals surface area contributed by atoms with Gasteiger partial charge in [-0.05, 0) is 12.5 Å². The first-order chi connectivity index (χ1) is 10.9. The average molecular weight is 314 g/mol. The van der Waals surface area contributed by atoms with Crippen LogP contribution in [0.3, 0.4) is 0 Å². The Kier molecular flexibility index (Phi) is 4.93. The Hall–Kier alpha value is -2.50. The maximum Gasteiger partial charge on any atom is 0.329 e. The van der Waals surface area contributed by atoms with E-state index in [0.717, 1.165) is 12.7 Å². The van der Waals surface area contributed by atoms with Crippen LogP contribution in [0.1, 0.15) is 21.5 Å². The Balaban J connectivity index is 2.68. The minimum absolute atomic E-state index is 0.160. The molecule has 0 heterocycles. The van der Waals surface area contributed by atoms with Gasteiger partial charge in [-0.25, -0.2) is 0 Å². The number of ether oxygens (including phenoxy) is 1. The van der Waals surface area contributed by atoms with Crippen LogP contribution < -0.4 is 0 Å². The number of rotatable bonds is 5. The number of methoxy groups -OCH3 is 1. The zero-order valence-electron chi connectivity index (χ0n) is 12.9. The molecule has 2 N–H and O–H groups in total. The largest absolute Gasteiger partial charge is 0.468 e. The topological polar surface area (TPSA) is 83.8 Å². The molecule has 0 spiro atoms. The van der Waals surface area contributed by atoms with E-state index in [-0.39, 0.29) is 11.1 Å². The molecule has 0 aliphatic carbocycles. The first-order valence-electron chi connectivity index (χ1n) is 7.06. The fourth-order valence-electron chi connectivity index (χ4n) is 2.51. The number of esters is 1. The fraction of sp³-hybridized carbons (Fsp3) is 0.222. The van der Waals surface area contributed by atoms with Crippen LogP contribution in [0.15, 0.2) is 54.6 Å². The van der Waals surface area contributed by atoms with Gasteiger partial charge in [0, 0.05) is 5.56 Å². The molecule has 0 radical (unpaired) electrons. The van der Waals surface area contributed by atoms with Crippen molar-refractivity contribution in [1.82, 2.24) is 0 Å². The molecule has 2 aromatic carbocycles. The molecular formula is C18H18O5. The van der Waals surface area contributed by atoms with Crippen LogP contribution >= 0.6 is 0 Å². The molecule has 0 aliphatic rings. The Morgan fingerprint density at radius 2 is 1.57 bits per heavy atom. The molecule has 0 saturated carbocycles.